The molecule has 0 aliphatic carbocycles. The zero-order chi connectivity index (χ0) is 17.6. The molecule has 7 nitrogen and oxygen atoms in total. The van der Waals surface area contributed by atoms with Gasteiger partial charge >= 0.3 is 5.97 Å². The summed E-state index contributed by atoms with van der Waals surface area (Å²) in [4.78, 5) is 23.3. The predicted octanol–water partition coefficient (Wildman–Crippen LogP) is 3.29. The Bertz CT molecular complexity index is 842. The Kier molecular flexibility index (Phi) is 5.20. The molecule has 0 aliphatic rings. The first kappa shape index (κ1) is 16.8. The Hall–Kier alpha value is -3.00. The first-order valence-electron chi connectivity index (χ1n) is 7.40. The Morgan fingerprint density at radius 3 is 2.76 bits per heavy atom. The Labute approximate surface area is 147 Å². The number of ether oxygens (including phenoxy) is 2. The van der Waals surface area contributed by atoms with E-state index in [2.05, 4.69) is 10.2 Å². The van der Waals surface area contributed by atoms with Crippen LogP contribution in [-0.2, 0) is 9.53 Å². The van der Waals surface area contributed by atoms with Crippen LogP contribution in [0.2, 0.25) is 0 Å². The van der Waals surface area contributed by atoms with Gasteiger partial charge in [-0.3, -0.25) is 4.79 Å². The maximum atomic E-state index is 11.9. The van der Waals surface area contributed by atoms with Gasteiger partial charge in [0.05, 0.1) is 4.88 Å². The van der Waals surface area contributed by atoms with Crippen molar-refractivity contribution in [1.82, 2.24) is 10.2 Å². The summed E-state index contributed by atoms with van der Waals surface area (Å²) < 4.78 is 16.0. The molecule has 0 fully saturated rings. The first-order chi connectivity index (χ1) is 12.2. The molecule has 128 valence electrons. The van der Waals surface area contributed by atoms with Crippen LogP contribution in [0.3, 0.4) is 0 Å². The van der Waals surface area contributed by atoms with Crippen molar-refractivity contribution in [2.75, 3.05) is 6.61 Å². The van der Waals surface area contributed by atoms with Gasteiger partial charge in [-0.05, 0) is 42.6 Å². The molecule has 2 heterocycles. The van der Waals surface area contributed by atoms with Crippen LogP contribution in [0.1, 0.15) is 29.3 Å². The lowest BCUT2D eigenvalue weighted by Crippen LogP contribution is -2.17. The number of hydrogen-bond donors (Lipinski definition) is 0. The summed E-state index contributed by atoms with van der Waals surface area (Å²) in [5.41, 5.74) is 0.529. The molecule has 0 saturated carbocycles. The van der Waals surface area contributed by atoms with Crippen molar-refractivity contribution >= 4 is 23.6 Å². The summed E-state index contributed by atoms with van der Waals surface area (Å²) in [7, 11) is 0. The molecular weight excluding hydrogens is 344 g/mol. The van der Waals surface area contributed by atoms with E-state index < -0.39 is 12.1 Å². The van der Waals surface area contributed by atoms with Crippen LogP contribution in [0.15, 0.2) is 46.2 Å². The molecule has 1 atom stereocenters. The molecule has 1 aromatic carbocycles. The topological polar surface area (TPSA) is 91.5 Å². The third-order valence-electron chi connectivity index (χ3n) is 3.20. The van der Waals surface area contributed by atoms with Gasteiger partial charge in [-0.1, -0.05) is 6.07 Å². The average molecular weight is 358 g/mol. The maximum Gasteiger partial charge on any atom is 0.344 e. The lowest BCUT2D eigenvalue weighted by atomic mass is 10.2. The van der Waals surface area contributed by atoms with Crippen molar-refractivity contribution < 1.29 is 23.5 Å². The minimum atomic E-state index is -0.685. The molecule has 0 N–H and O–H groups in total. The van der Waals surface area contributed by atoms with Gasteiger partial charge in [-0.2, -0.15) is 0 Å². The summed E-state index contributed by atoms with van der Waals surface area (Å²) in [6, 6.07) is 10.1. The van der Waals surface area contributed by atoms with E-state index in [4.69, 9.17) is 13.9 Å². The molecule has 2 aromatic heterocycles. The van der Waals surface area contributed by atoms with Crippen molar-refractivity contribution in [2.24, 2.45) is 0 Å². The normalized spacial score (nSPS) is 11.7. The number of aromatic nitrogens is 2. The molecule has 3 rings (SSSR count). The summed E-state index contributed by atoms with van der Waals surface area (Å²) >= 11 is 1.48. The van der Waals surface area contributed by atoms with E-state index in [0.29, 0.717) is 17.2 Å². The summed E-state index contributed by atoms with van der Waals surface area (Å²) in [5.74, 6) is 0.502. The number of benzene rings is 1. The van der Waals surface area contributed by atoms with Gasteiger partial charge in [0.15, 0.2) is 12.7 Å². The second kappa shape index (κ2) is 7.71. The molecule has 0 aliphatic heterocycles. The molecule has 8 heteroatoms. The fourth-order valence-electron chi connectivity index (χ4n) is 1.97. The number of nitrogens with zero attached hydrogens (tertiary/aromatic N) is 2. The largest absolute Gasteiger partial charge is 0.482 e. The molecular formula is C17H14N2O5S. The summed E-state index contributed by atoms with van der Waals surface area (Å²) in [5, 5.41) is 9.75. The van der Waals surface area contributed by atoms with Gasteiger partial charge in [-0.15, -0.1) is 21.5 Å². The maximum absolute atomic E-state index is 11.9. The summed E-state index contributed by atoms with van der Waals surface area (Å²) in [6.45, 7) is 1.37. The SMILES string of the molecule is C[C@H](OC(=O)COc1ccc(C=O)cc1)c1nnc(-c2cccs2)o1. The number of thiophene rings is 1. The van der Waals surface area contributed by atoms with Crippen molar-refractivity contribution in [1.29, 1.82) is 0 Å². The van der Waals surface area contributed by atoms with Crippen LogP contribution in [0, 0.1) is 0 Å². The van der Waals surface area contributed by atoms with Crippen LogP contribution in [0.4, 0.5) is 0 Å². The smallest absolute Gasteiger partial charge is 0.344 e. The molecule has 0 spiro atoms. The van der Waals surface area contributed by atoms with E-state index in [1.165, 1.54) is 11.3 Å². The lowest BCUT2D eigenvalue weighted by Gasteiger charge is -2.10. The van der Waals surface area contributed by atoms with E-state index in [9.17, 15) is 9.59 Å². The number of carbonyl (C=O) groups excluding carboxylic acids is 2. The highest BCUT2D eigenvalue weighted by Gasteiger charge is 2.19. The molecule has 0 unspecified atom stereocenters. The van der Waals surface area contributed by atoms with E-state index in [0.717, 1.165) is 11.2 Å². The van der Waals surface area contributed by atoms with E-state index in [1.807, 2.05) is 17.5 Å². The van der Waals surface area contributed by atoms with Crippen LogP contribution in [0.5, 0.6) is 5.75 Å². The highest BCUT2D eigenvalue weighted by molar-refractivity contribution is 7.13. The van der Waals surface area contributed by atoms with Crippen LogP contribution >= 0.6 is 11.3 Å². The van der Waals surface area contributed by atoms with Crippen molar-refractivity contribution in [3.63, 3.8) is 0 Å². The zero-order valence-corrected chi connectivity index (χ0v) is 14.1. The Morgan fingerprint density at radius 2 is 2.08 bits per heavy atom. The standard InChI is InChI=1S/C17H14N2O5S/c1-11(16-18-19-17(24-16)14-3-2-8-25-14)23-15(21)10-22-13-6-4-12(9-20)5-7-13/h2-9,11H,10H2,1H3/t11-/m0/s1. The number of rotatable bonds is 7. The highest BCUT2D eigenvalue weighted by atomic mass is 32.1. The van der Waals surface area contributed by atoms with E-state index >= 15 is 0 Å². The van der Waals surface area contributed by atoms with Gasteiger partial charge < -0.3 is 13.9 Å². The molecule has 0 bridgehead atoms. The highest BCUT2D eigenvalue weighted by Crippen LogP contribution is 2.25. The quantitative estimate of drug-likeness (QED) is 0.473. The molecule has 25 heavy (non-hydrogen) atoms. The third-order valence-corrected chi connectivity index (χ3v) is 4.06. The van der Waals surface area contributed by atoms with Crippen molar-refractivity contribution in [3.8, 4) is 16.5 Å². The van der Waals surface area contributed by atoms with Crippen LogP contribution in [0.25, 0.3) is 10.8 Å². The Balaban J connectivity index is 1.52. The van der Waals surface area contributed by atoms with Gasteiger partial charge in [0.25, 0.3) is 11.8 Å². The zero-order valence-electron chi connectivity index (χ0n) is 13.2. The second-order valence-electron chi connectivity index (χ2n) is 5.03. The minimum Gasteiger partial charge on any atom is -0.482 e. The fraction of sp³-hybridized carbons (Fsp3) is 0.176. The van der Waals surface area contributed by atoms with Gasteiger partial charge in [0.2, 0.25) is 0 Å². The molecule has 3 aromatic rings. The van der Waals surface area contributed by atoms with Gasteiger partial charge in [0.1, 0.15) is 12.0 Å². The number of carbonyl (C=O) groups is 2. The third kappa shape index (κ3) is 4.30. The lowest BCUT2D eigenvalue weighted by molar-refractivity contribution is -0.152. The average Bonchev–Trinajstić information content (AvgIpc) is 3.31. The predicted molar refractivity (Wildman–Crippen MR) is 89.4 cm³/mol. The number of aldehydes is 1. The van der Waals surface area contributed by atoms with Crippen molar-refractivity contribution in [3.05, 3.63) is 53.2 Å². The van der Waals surface area contributed by atoms with Crippen LogP contribution in [-0.4, -0.2) is 29.1 Å². The summed E-state index contributed by atoms with van der Waals surface area (Å²) in [6.07, 6.45) is 0.0453. The van der Waals surface area contributed by atoms with Gasteiger partial charge in [-0.25, -0.2) is 4.79 Å². The second-order valence-corrected chi connectivity index (χ2v) is 5.98. The molecule has 0 saturated heterocycles. The van der Waals surface area contributed by atoms with Gasteiger partial charge in [0, 0.05) is 5.56 Å². The first-order valence-corrected chi connectivity index (χ1v) is 8.28. The van der Waals surface area contributed by atoms with Crippen LogP contribution < -0.4 is 4.74 Å². The molecule has 0 radical (unpaired) electrons. The Morgan fingerprint density at radius 1 is 1.28 bits per heavy atom. The minimum absolute atomic E-state index is 0.215. The van der Waals surface area contributed by atoms with E-state index in [1.54, 1.807) is 31.2 Å². The number of esters is 1. The molecule has 0 amide bonds. The van der Waals surface area contributed by atoms with Crippen molar-refractivity contribution in [2.45, 2.75) is 13.0 Å². The fourth-order valence-corrected chi connectivity index (χ4v) is 2.61. The number of hydrogen-bond acceptors (Lipinski definition) is 8. The monoisotopic (exact) mass is 358 g/mol. The van der Waals surface area contributed by atoms with E-state index in [-0.39, 0.29) is 12.5 Å².